The van der Waals surface area contributed by atoms with Crippen molar-refractivity contribution in [1.29, 1.82) is 0 Å². The molecule has 0 saturated heterocycles. The largest absolute Gasteiger partial charge is 0.403 e. The molecule has 0 aliphatic heterocycles. The Morgan fingerprint density at radius 2 is 1.88 bits per heavy atom. The number of rotatable bonds is 3. The van der Waals surface area contributed by atoms with Crippen LogP contribution in [0.4, 0.5) is 13.2 Å². The van der Waals surface area contributed by atoms with Gasteiger partial charge in [0.05, 0.1) is 16.1 Å². The average molecular weight is 288 g/mol. The minimum Gasteiger partial charge on any atom is -0.388 e. The van der Waals surface area contributed by atoms with Crippen LogP contribution in [-0.4, -0.2) is 17.3 Å². The van der Waals surface area contributed by atoms with Gasteiger partial charge in [0.1, 0.15) is 6.04 Å². The zero-order chi connectivity index (χ0) is 13.2. The molecular weight excluding hydrogens is 278 g/mol. The van der Waals surface area contributed by atoms with E-state index in [0.717, 1.165) is 0 Å². The van der Waals surface area contributed by atoms with Crippen molar-refractivity contribution in [2.45, 2.75) is 24.7 Å². The highest BCUT2D eigenvalue weighted by Gasteiger charge is 2.38. The van der Waals surface area contributed by atoms with Crippen LogP contribution in [0.15, 0.2) is 18.2 Å². The van der Waals surface area contributed by atoms with Crippen molar-refractivity contribution in [3.63, 3.8) is 0 Å². The SMILES string of the molecule is N[C@@H](C[C@@H](O)c1cccc(Cl)c1Cl)C(F)(F)F. The lowest BCUT2D eigenvalue weighted by Crippen LogP contribution is -2.38. The first-order valence-electron chi connectivity index (χ1n) is 4.67. The Balaban J connectivity index is 2.84. The quantitative estimate of drug-likeness (QED) is 0.896. The van der Waals surface area contributed by atoms with Crippen LogP contribution in [-0.2, 0) is 0 Å². The fourth-order valence-corrected chi connectivity index (χ4v) is 1.71. The van der Waals surface area contributed by atoms with Gasteiger partial charge in [0.25, 0.3) is 0 Å². The second kappa shape index (κ2) is 5.44. The molecule has 0 unspecified atom stereocenters. The number of aliphatic hydroxyl groups excluding tert-OH is 1. The van der Waals surface area contributed by atoms with Gasteiger partial charge in [-0.15, -0.1) is 0 Å². The van der Waals surface area contributed by atoms with Crippen LogP contribution in [0.3, 0.4) is 0 Å². The van der Waals surface area contributed by atoms with E-state index in [4.69, 9.17) is 28.9 Å². The minimum atomic E-state index is -4.55. The number of alkyl halides is 3. The van der Waals surface area contributed by atoms with Gasteiger partial charge in [-0.3, -0.25) is 0 Å². The third-order valence-electron chi connectivity index (χ3n) is 2.24. The van der Waals surface area contributed by atoms with Crippen LogP contribution in [0.25, 0.3) is 0 Å². The van der Waals surface area contributed by atoms with E-state index in [1.54, 1.807) is 0 Å². The molecule has 7 heteroatoms. The molecule has 0 radical (unpaired) electrons. The summed E-state index contributed by atoms with van der Waals surface area (Å²) in [5.74, 6) is 0. The first-order chi connectivity index (χ1) is 7.73. The smallest absolute Gasteiger partial charge is 0.388 e. The molecule has 0 fully saturated rings. The van der Waals surface area contributed by atoms with Gasteiger partial charge < -0.3 is 10.8 Å². The van der Waals surface area contributed by atoms with Gasteiger partial charge in [-0.1, -0.05) is 35.3 Å². The second-order valence-electron chi connectivity index (χ2n) is 3.54. The van der Waals surface area contributed by atoms with Gasteiger partial charge in [-0.2, -0.15) is 13.2 Å². The van der Waals surface area contributed by atoms with E-state index in [1.165, 1.54) is 18.2 Å². The summed E-state index contributed by atoms with van der Waals surface area (Å²) in [6.07, 6.45) is -6.62. The van der Waals surface area contributed by atoms with Crippen molar-refractivity contribution in [2.24, 2.45) is 5.73 Å². The molecule has 0 spiro atoms. The molecule has 0 amide bonds. The third-order valence-corrected chi connectivity index (χ3v) is 3.07. The number of hydrogen-bond acceptors (Lipinski definition) is 2. The Morgan fingerprint density at radius 3 is 2.41 bits per heavy atom. The lowest BCUT2D eigenvalue weighted by Gasteiger charge is -2.20. The maximum atomic E-state index is 12.2. The number of hydrogen-bond donors (Lipinski definition) is 2. The predicted molar refractivity (Wildman–Crippen MR) is 60.1 cm³/mol. The van der Waals surface area contributed by atoms with Crippen LogP contribution in [0.5, 0.6) is 0 Å². The highest BCUT2D eigenvalue weighted by atomic mass is 35.5. The molecule has 96 valence electrons. The Labute approximate surface area is 106 Å². The van der Waals surface area contributed by atoms with Crippen molar-refractivity contribution >= 4 is 23.2 Å². The molecule has 17 heavy (non-hydrogen) atoms. The lowest BCUT2D eigenvalue weighted by molar-refractivity contribution is -0.153. The molecule has 0 aliphatic rings. The summed E-state index contributed by atoms with van der Waals surface area (Å²) >= 11 is 11.5. The first kappa shape index (κ1) is 14.6. The van der Waals surface area contributed by atoms with Gasteiger partial charge in [-0.05, 0) is 6.07 Å². The maximum Gasteiger partial charge on any atom is 0.403 e. The van der Waals surface area contributed by atoms with Crippen molar-refractivity contribution in [1.82, 2.24) is 0 Å². The summed E-state index contributed by atoms with van der Waals surface area (Å²) in [6.45, 7) is 0. The van der Waals surface area contributed by atoms with E-state index in [-0.39, 0.29) is 15.6 Å². The molecule has 2 nitrogen and oxygen atoms in total. The fourth-order valence-electron chi connectivity index (χ4n) is 1.28. The summed E-state index contributed by atoms with van der Waals surface area (Å²) in [5.41, 5.74) is 5.05. The molecule has 1 aromatic rings. The highest BCUT2D eigenvalue weighted by Crippen LogP contribution is 2.33. The minimum absolute atomic E-state index is 0.0380. The summed E-state index contributed by atoms with van der Waals surface area (Å²) < 4.78 is 36.6. The fraction of sp³-hybridized carbons (Fsp3) is 0.400. The van der Waals surface area contributed by atoms with E-state index < -0.39 is 24.7 Å². The molecular formula is C10H10Cl2F3NO. The molecule has 2 atom stereocenters. The van der Waals surface area contributed by atoms with Crippen molar-refractivity contribution < 1.29 is 18.3 Å². The summed E-state index contributed by atoms with van der Waals surface area (Å²) in [6, 6.07) is 2.27. The normalized spacial score (nSPS) is 15.7. The third kappa shape index (κ3) is 3.74. The molecule has 0 saturated carbocycles. The van der Waals surface area contributed by atoms with Crippen molar-refractivity contribution in [3.8, 4) is 0 Å². The van der Waals surface area contributed by atoms with Gasteiger partial charge in [-0.25, -0.2) is 0 Å². The highest BCUT2D eigenvalue weighted by molar-refractivity contribution is 6.42. The van der Waals surface area contributed by atoms with Crippen LogP contribution in [0.1, 0.15) is 18.1 Å². The monoisotopic (exact) mass is 287 g/mol. The number of aliphatic hydroxyl groups is 1. The Bertz CT molecular complexity index is 398. The summed E-state index contributed by atoms with van der Waals surface area (Å²) in [5, 5.41) is 9.84. The van der Waals surface area contributed by atoms with E-state index in [1.807, 2.05) is 0 Å². The molecule has 0 heterocycles. The van der Waals surface area contributed by atoms with Crippen LogP contribution in [0, 0.1) is 0 Å². The Hall–Kier alpha value is -0.490. The molecule has 1 aromatic carbocycles. The molecule has 0 aliphatic carbocycles. The van der Waals surface area contributed by atoms with E-state index >= 15 is 0 Å². The standard InChI is InChI=1S/C10H10Cl2F3NO/c11-6-3-1-2-5(9(6)12)7(17)4-8(16)10(13,14)15/h1-3,7-8,17H,4,16H2/t7-,8+/m1/s1. The van der Waals surface area contributed by atoms with Gasteiger partial charge >= 0.3 is 6.18 Å². The Kier molecular flexibility index (Phi) is 4.66. The van der Waals surface area contributed by atoms with Crippen molar-refractivity contribution in [3.05, 3.63) is 33.8 Å². The number of benzene rings is 1. The van der Waals surface area contributed by atoms with Crippen molar-refractivity contribution in [2.75, 3.05) is 0 Å². The van der Waals surface area contributed by atoms with Gasteiger partial charge in [0.2, 0.25) is 0 Å². The zero-order valence-electron chi connectivity index (χ0n) is 8.51. The predicted octanol–water partition coefficient (Wildman–Crippen LogP) is 3.31. The summed E-state index contributed by atoms with van der Waals surface area (Å²) in [4.78, 5) is 0. The van der Waals surface area contributed by atoms with Crippen LogP contribution >= 0.6 is 23.2 Å². The first-order valence-corrected chi connectivity index (χ1v) is 5.43. The summed E-state index contributed by atoms with van der Waals surface area (Å²) in [7, 11) is 0. The number of nitrogens with two attached hydrogens (primary N) is 1. The maximum absolute atomic E-state index is 12.2. The van der Waals surface area contributed by atoms with E-state index in [9.17, 15) is 18.3 Å². The molecule has 0 bridgehead atoms. The average Bonchev–Trinajstić information content (AvgIpc) is 2.20. The lowest BCUT2D eigenvalue weighted by atomic mass is 10.0. The van der Waals surface area contributed by atoms with Crippen LogP contribution in [0.2, 0.25) is 10.0 Å². The van der Waals surface area contributed by atoms with Gasteiger partial charge in [0.15, 0.2) is 0 Å². The molecule has 3 N–H and O–H groups in total. The molecule has 1 rings (SSSR count). The second-order valence-corrected chi connectivity index (χ2v) is 4.33. The van der Waals surface area contributed by atoms with Gasteiger partial charge in [0, 0.05) is 12.0 Å². The molecule has 0 aromatic heterocycles. The number of halogens is 5. The van der Waals surface area contributed by atoms with E-state index in [0.29, 0.717) is 0 Å². The van der Waals surface area contributed by atoms with Crippen LogP contribution < -0.4 is 5.73 Å². The zero-order valence-corrected chi connectivity index (χ0v) is 10.0. The van der Waals surface area contributed by atoms with E-state index in [2.05, 4.69) is 0 Å². The topological polar surface area (TPSA) is 46.2 Å². The Morgan fingerprint density at radius 1 is 1.29 bits per heavy atom.